The van der Waals surface area contributed by atoms with E-state index in [-0.39, 0.29) is 17.5 Å². The number of hydrogen-bond acceptors (Lipinski definition) is 4. The van der Waals surface area contributed by atoms with Crippen molar-refractivity contribution in [3.05, 3.63) is 12.2 Å². The van der Waals surface area contributed by atoms with E-state index in [9.17, 15) is 4.79 Å². The van der Waals surface area contributed by atoms with Gasteiger partial charge in [0.1, 0.15) is 18.2 Å². The summed E-state index contributed by atoms with van der Waals surface area (Å²) < 4.78 is 5.51. The molecule has 1 aliphatic carbocycles. The van der Waals surface area contributed by atoms with Crippen LogP contribution in [0.1, 0.15) is 57.3 Å². The number of rotatable bonds is 3. The predicted octanol–water partition coefficient (Wildman–Crippen LogP) is 2.25. The van der Waals surface area contributed by atoms with Crippen molar-refractivity contribution in [2.75, 3.05) is 26.3 Å². The van der Waals surface area contributed by atoms with Gasteiger partial charge in [0, 0.05) is 13.1 Å². The summed E-state index contributed by atoms with van der Waals surface area (Å²) in [4.78, 5) is 18.7. The second-order valence-corrected chi connectivity index (χ2v) is 7.04. The topological polar surface area (TPSA) is 83.1 Å². The van der Waals surface area contributed by atoms with Gasteiger partial charge in [-0.1, -0.05) is 32.6 Å². The Balaban J connectivity index is 1.59. The Kier molecular flexibility index (Phi) is 5.15. The quantitative estimate of drug-likeness (QED) is 0.836. The minimum Gasteiger partial charge on any atom is -0.377 e. The van der Waals surface area contributed by atoms with E-state index in [2.05, 4.69) is 27.4 Å². The van der Waals surface area contributed by atoms with E-state index in [1.165, 1.54) is 44.9 Å². The lowest BCUT2D eigenvalue weighted by Gasteiger charge is -2.36. The van der Waals surface area contributed by atoms with E-state index < -0.39 is 0 Å². The SMILES string of the molecule is CC1(CNC(=O)N2CCOC[C@H]2c2ncn[nH]2)CCCCCC1. The van der Waals surface area contributed by atoms with E-state index in [0.717, 1.165) is 6.54 Å². The zero-order chi connectivity index (χ0) is 16.1. The van der Waals surface area contributed by atoms with E-state index in [4.69, 9.17) is 4.74 Å². The number of aromatic nitrogens is 3. The minimum atomic E-state index is -0.187. The third-order valence-corrected chi connectivity index (χ3v) is 5.12. The molecule has 1 saturated heterocycles. The summed E-state index contributed by atoms with van der Waals surface area (Å²) in [6.07, 6.45) is 9.03. The Bertz CT molecular complexity index is 497. The summed E-state index contributed by atoms with van der Waals surface area (Å²) in [7, 11) is 0. The highest BCUT2D eigenvalue weighted by molar-refractivity contribution is 5.74. The molecule has 128 valence electrons. The molecule has 3 rings (SSSR count). The summed E-state index contributed by atoms with van der Waals surface area (Å²) in [5.74, 6) is 0.681. The van der Waals surface area contributed by atoms with Crippen LogP contribution < -0.4 is 5.32 Å². The highest BCUT2D eigenvalue weighted by Gasteiger charge is 2.32. The van der Waals surface area contributed by atoms with Gasteiger partial charge in [0.05, 0.1) is 13.2 Å². The Hall–Kier alpha value is -1.63. The lowest BCUT2D eigenvalue weighted by Crippen LogP contribution is -2.50. The molecule has 7 heteroatoms. The Morgan fingerprint density at radius 2 is 2.22 bits per heavy atom. The standard InChI is InChI=1S/C16H27N5O2/c1-16(6-4-2-3-5-7-16)11-17-15(22)21-8-9-23-10-13(21)14-18-12-19-20-14/h12-13H,2-11H2,1H3,(H,17,22)(H,18,19,20)/t13-/m0/s1. The molecule has 1 atom stereocenters. The van der Waals surface area contributed by atoms with Crippen LogP contribution in [-0.4, -0.2) is 52.4 Å². The van der Waals surface area contributed by atoms with Gasteiger partial charge in [-0.3, -0.25) is 5.10 Å². The number of nitrogens with zero attached hydrogens (tertiary/aromatic N) is 3. The molecule has 7 nitrogen and oxygen atoms in total. The highest BCUT2D eigenvalue weighted by Crippen LogP contribution is 2.34. The fourth-order valence-corrected chi connectivity index (χ4v) is 3.60. The maximum Gasteiger partial charge on any atom is 0.318 e. The van der Waals surface area contributed by atoms with Crippen LogP contribution in [-0.2, 0) is 4.74 Å². The zero-order valence-electron chi connectivity index (χ0n) is 13.9. The van der Waals surface area contributed by atoms with Gasteiger partial charge in [-0.2, -0.15) is 5.10 Å². The third kappa shape index (κ3) is 4.02. The van der Waals surface area contributed by atoms with Crippen molar-refractivity contribution in [3.63, 3.8) is 0 Å². The maximum absolute atomic E-state index is 12.7. The number of H-pyrrole nitrogens is 1. The number of hydrogen-bond donors (Lipinski definition) is 2. The van der Waals surface area contributed by atoms with Crippen molar-refractivity contribution in [1.29, 1.82) is 0 Å². The molecule has 2 heterocycles. The monoisotopic (exact) mass is 321 g/mol. The molecule has 2 fully saturated rings. The Morgan fingerprint density at radius 3 is 2.91 bits per heavy atom. The first-order valence-corrected chi connectivity index (χ1v) is 8.65. The average molecular weight is 321 g/mol. The molecule has 1 aliphatic heterocycles. The normalized spacial score (nSPS) is 24.9. The summed E-state index contributed by atoms with van der Waals surface area (Å²) in [5, 5.41) is 9.88. The van der Waals surface area contributed by atoms with Crippen LogP contribution in [0.15, 0.2) is 6.33 Å². The van der Waals surface area contributed by atoms with Crippen LogP contribution in [0.25, 0.3) is 0 Å². The molecule has 1 aromatic rings. The number of ether oxygens (including phenoxy) is 1. The number of urea groups is 1. The number of aromatic amines is 1. The molecule has 0 aromatic carbocycles. The fourth-order valence-electron chi connectivity index (χ4n) is 3.60. The van der Waals surface area contributed by atoms with Crippen LogP contribution in [0.5, 0.6) is 0 Å². The second kappa shape index (κ2) is 7.29. The molecule has 0 spiro atoms. The van der Waals surface area contributed by atoms with Crippen LogP contribution >= 0.6 is 0 Å². The molecule has 23 heavy (non-hydrogen) atoms. The molecule has 0 radical (unpaired) electrons. The van der Waals surface area contributed by atoms with Crippen LogP contribution in [0.3, 0.4) is 0 Å². The van der Waals surface area contributed by atoms with Crippen molar-refractivity contribution in [1.82, 2.24) is 25.4 Å². The number of nitrogens with one attached hydrogen (secondary N) is 2. The zero-order valence-corrected chi connectivity index (χ0v) is 13.9. The van der Waals surface area contributed by atoms with Gasteiger partial charge in [-0.05, 0) is 18.3 Å². The summed E-state index contributed by atoms with van der Waals surface area (Å²) >= 11 is 0. The fraction of sp³-hybridized carbons (Fsp3) is 0.812. The first kappa shape index (κ1) is 16.2. The van der Waals surface area contributed by atoms with E-state index in [1.807, 2.05) is 4.90 Å². The van der Waals surface area contributed by atoms with Gasteiger partial charge in [0.15, 0.2) is 0 Å². The van der Waals surface area contributed by atoms with E-state index in [1.54, 1.807) is 0 Å². The van der Waals surface area contributed by atoms with Crippen molar-refractivity contribution in [2.45, 2.75) is 51.5 Å². The van der Waals surface area contributed by atoms with E-state index >= 15 is 0 Å². The lowest BCUT2D eigenvalue weighted by atomic mass is 9.82. The number of amides is 2. The summed E-state index contributed by atoms with van der Waals surface area (Å²) in [5.41, 5.74) is 0.222. The number of carbonyl (C=O) groups is 1. The minimum absolute atomic E-state index is 0.0276. The molecule has 0 bridgehead atoms. The lowest BCUT2D eigenvalue weighted by molar-refractivity contribution is 0.00811. The molecule has 2 aliphatic rings. The molecular weight excluding hydrogens is 294 g/mol. The van der Waals surface area contributed by atoms with Crippen LogP contribution in [0.4, 0.5) is 4.79 Å². The first-order valence-electron chi connectivity index (χ1n) is 8.65. The van der Waals surface area contributed by atoms with Crippen LogP contribution in [0.2, 0.25) is 0 Å². The van der Waals surface area contributed by atoms with Crippen molar-refractivity contribution >= 4 is 6.03 Å². The van der Waals surface area contributed by atoms with Crippen molar-refractivity contribution in [3.8, 4) is 0 Å². The second-order valence-electron chi connectivity index (χ2n) is 7.04. The van der Waals surface area contributed by atoms with Crippen molar-refractivity contribution in [2.24, 2.45) is 5.41 Å². The Labute approximate surface area is 137 Å². The Morgan fingerprint density at radius 1 is 1.43 bits per heavy atom. The average Bonchev–Trinajstić information content (AvgIpc) is 3.02. The van der Waals surface area contributed by atoms with Gasteiger partial charge in [-0.25, -0.2) is 9.78 Å². The molecule has 2 N–H and O–H groups in total. The number of carbonyl (C=O) groups excluding carboxylic acids is 1. The van der Waals surface area contributed by atoms with Gasteiger partial charge >= 0.3 is 6.03 Å². The van der Waals surface area contributed by atoms with Gasteiger partial charge in [-0.15, -0.1) is 0 Å². The van der Waals surface area contributed by atoms with Gasteiger partial charge in [0.2, 0.25) is 0 Å². The highest BCUT2D eigenvalue weighted by atomic mass is 16.5. The van der Waals surface area contributed by atoms with Gasteiger partial charge < -0.3 is 15.0 Å². The smallest absolute Gasteiger partial charge is 0.318 e. The third-order valence-electron chi connectivity index (χ3n) is 5.12. The summed E-state index contributed by atoms with van der Waals surface area (Å²) in [6.45, 7) is 4.64. The van der Waals surface area contributed by atoms with Gasteiger partial charge in [0.25, 0.3) is 0 Å². The first-order chi connectivity index (χ1) is 11.2. The molecule has 1 aromatic heterocycles. The number of morpholine rings is 1. The molecule has 2 amide bonds. The molecule has 0 unspecified atom stereocenters. The largest absolute Gasteiger partial charge is 0.377 e. The summed E-state index contributed by atoms with van der Waals surface area (Å²) in [6, 6.07) is -0.214. The molecule has 1 saturated carbocycles. The molecular formula is C16H27N5O2. The van der Waals surface area contributed by atoms with Crippen molar-refractivity contribution < 1.29 is 9.53 Å². The predicted molar refractivity (Wildman–Crippen MR) is 85.9 cm³/mol. The van der Waals surface area contributed by atoms with Crippen LogP contribution in [0, 0.1) is 5.41 Å². The van der Waals surface area contributed by atoms with E-state index in [0.29, 0.717) is 25.6 Å². The maximum atomic E-state index is 12.7.